The number of rotatable bonds is 8. The second-order valence-corrected chi connectivity index (χ2v) is 9.60. The molecule has 0 saturated heterocycles. The topological polar surface area (TPSA) is 123 Å². The van der Waals surface area contributed by atoms with Crippen molar-refractivity contribution >= 4 is 33.3 Å². The van der Waals surface area contributed by atoms with Gasteiger partial charge in [0.25, 0.3) is 0 Å². The lowest BCUT2D eigenvalue weighted by atomic mass is 10.0. The molecule has 2 aliphatic carbocycles. The van der Waals surface area contributed by atoms with E-state index in [4.69, 9.17) is 9.97 Å². The molecule has 8 nitrogen and oxygen atoms in total. The van der Waals surface area contributed by atoms with Gasteiger partial charge in [-0.3, -0.25) is 0 Å². The number of nitrogens with one attached hydrogen (secondary N) is 2. The zero-order valence-electron chi connectivity index (χ0n) is 17.1. The Morgan fingerprint density at radius 2 is 1.81 bits per heavy atom. The molecule has 2 saturated carbocycles. The average Bonchev–Trinajstić information content (AvgIpc) is 3.46. The molecule has 2 fully saturated rings. The lowest BCUT2D eigenvalue weighted by Crippen LogP contribution is -2.31. The molecule has 1 aromatic carbocycles. The van der Waals surface area contributed by atoms with Gasteiger partial charge in [0.1, 0.15) is 10.8 Å². The third kappa shape index (κ3) is 4.36. The fourth-order valence-electron chi connectivity index (χ4n) is 4.14. The number of hydrogen-bond acceptors (Lipinski definition) is 9. The van der Waals surface area contributed by atoms with Gasteiger partial charge in [-0.1, -0.05) is 12.1 Å². The number of fused-ring (bicyclic) bond motifs is 1. The lowest BCUT2D eigenvalue weighted by Gasteiger charge is -2.18. The summed E-state index contributed by atoms with van der Waals surface area (Å²) in [6, 6.07) is 7.99. The highest BCUT2D eigenvalue weighted by atomic mass is 32.1. The van der Waals surface area contributed by atoms with E-state index in [0.717, 1.165) is 27.3 Å². The van der Waals surface area contributed by atoms with E-state index in [2.05, 4.69) is 15.6 Å². The molecular formula is C22H27N5O3S. The van der Waals surface area contributed by atoms with Crippen LogP contribution in [-0.2, 0) is 0 Å². The van der Waals surface area contributed by atoms with Gasteiger partial charge in [0.05, 0.1) is 28.0 Å². The van der Waals surface area contributed by atoms with Crippen LogP contribution in [0.3, 0.4) is 0 Å². The maximum absolute atomic E-state index is 10.4. The predicted molar refractivity (Wildman–Crippen MR) is 121 cm³/mol. The normalized spacial score (nSPS) is 25.8. The Bertz CT molecular complexity index is 1020. The molecule has 0 unspecified atom stereocenters. The molecule has 0 radical (unpaired) electrons. The zero-order chi connectivity index (χ0) is 21.4. The molecule has 0 bridgehead atoms. The summed E-state index contributed by atoms with van der Waals surface area (Å²) in [5, 5.41) is 37.4. The summed E-state index contributed by atoms with van der Waals surface area (Å²) in [5.41, 5.74) is 1.74. The molecule has 5 rings (SSSR count). The van der Waals surface area contributed by atoms with Crippen molar-refractivity contribution in [2.75, 3.05) is 30.3 Å². The number of thiazole rings is 1. The number of nitrogens with zero attached hydrogens (tertiary/aromatic N) is 3. The molecular weight excluding hydrogens is 414 g/mol. The smallest absolute Gasteiger partial charge is 0.224 e. The van der Waals surface area contributed by atoms with Crippen LogP contribution in [0.15, 0.2) is 30.5 Å². The van der Waals surface area contributed by atoms with Crippen LogP contribution in [0.2, 0.25) is 0 Å². The Kier molecular flexibility index (Phi) is 5.75. The first kappa shape index (κ1) is 20.6. The van der Waals surface area contributed by atoms with Crippen LogP contribution in [-0.4, -0.2) is 62.2 Å². The summed E-state index contributed by atoms with van der Waals surface area (Å²) in [5.74, 6) is 1.45. The number of hydrogen-bond donors (Lipinski definition) is 5. The Balaban J connectivity index is 1.40. The van der Waals surface area contributed by atoms with E-state index in [1.54, 1.807) is 17.5 Å². The maximum Gasteiger partial charge on any atom is 0.224 e. The molecule has 0 spiro atoms. The third-order valence-corrected chi connectivity index (χ3v) is 7.32. The molecule has 0 aliphatic heterocycles. The number of para-hydroxylation sites is 1. The largest absolute Gasteiger partial charge is 0.396 e. The third-order valence-electron chi connectivity index (χ3n) is 6.25. The van der Waals surface area contributed by atoms with Gasteiger partial charge in [0, 0.05) is 37.7 Å². The summed E-state index contributed by atoms with van der Waals surface area (Å²) in [6.45, 7) is 1.17. The summed E-state index contributed by atoms with van der Waals surface area (Å²) in [7, 11) is 0. The lowest BCUT2D eigenvalue weighted by molar-refractivity contribution is -0.00430. The zero-order valence-corrected chi connectivity index (χ0v) is 17.9. The Morgan fingerprint density at radius 1 is 1.00 bits per heavy atom. The minimum atomic E-state index is -0.901. The van der Waals surface area contributed by atoms with Crippen molar-refractivity contribution in [2.24, 2.45) is 17.8 Å². The average molecular weight is 442 g/mol. The van der Waals surface area contributed by atoms with Gasteiger partial charge in [0.2, 0.25) is 5.95 Å². The highest BCUT2D eigenvalue weighted by Crippen LogP contribution is 2.36. The maximum atomic E-state index is 10.4. The van der Waals surface area contributed by atoms with Crippen molar-refractivity contribution in [3.05, 3.63) is 30.5 Å². The summed E-state index contributed by atoms with van der Waals surface area (Å²) in [4.78, 5) is 13.9. The minimum absolute atomic E-state index is 0.131. The van der Waals surface area contributed by atoms with Crippen LogP contribution >= 0.6 is 11.3 Å². The van der Waals surface area contributed by atoms with Crippen molar-refractivity contribution in [1.82, 2.24) is 15.0 Å². The molecule has 9 heteroatoms. The quantitative estimate of drug-likeness (QED) is 0.361. The molecule has 164 valence electrons. The minimum Gasteiger partial charge on any atom is -0.396 e. The summed E-state index contributed by atoms with van der Waals surface area (Å²) in [6.07, 6.45) is 3.07. The Hall–Kier alpha value is -2.33. The van der Waals surface area contributed by atoms with E-state index in [-0.39, 0.29) is 18.4 Å². The Morgan fingerprint density at radius 3 is 2.55 bits per heavy atom. The second kappa shape index (κ2) is 8.66. The number of benzene rings is 1. The van der Waals surface area contributed by atoms with E-state index in [0.29, 0.717) is 30.6 Å². The first-order valence-electron chi connectivity index (χ1n) is 10.8. The van der Waals surface area contributed by atoms with Crippen molar-refractivity contribution in [2.45, 2.75) is 31.5 Å². The van der Waals surface area contributed by atoms with Gasteiger partial charge in [-0.05, 0) is 37.3 Å². The van der Waals surface area contributed by atoms with Crippen LogP contribution in [0.5, 0.6) is 0 Å². The highest BCUT2D eigenvalue weighted by molar-refractivity contribution is 7.21. The summed E-state index contributed by atoms with van der Waals surface area (Å²) >= 11 is 1.59. The van der Waals surface area contributed by atoms with Crippen LogP contribution < -0.4 is 10.6 Å². The van der Waals surface area contributed by atoms with Crippen LogP contribution in [0.25, 0.3) is 20.8 Å². The first-order valence-corrected chi connectivity index (χ1v) is 11.6. The van der Waals surface area contributed by atoms with Crippen LogP contribution in [0.4, 0.5) is 11.8 Å². The van der Waals surface area contributed by atoms with E-state index < -0.39 is 12.2 Å². The van der Waals surface area contributed by atoms with Gasteiger partial charge < -0.3 is 26.0 Å². The number of aliphatic hydroxyl groups is 3. The van der Waals surface area contributed by atoms with Gasteiger partial charge in [-0.25, -0.2) is 9.97 Å². The molecule has 5 N–H and O–H groups in total. The van der Waals surface area contributed by atoms with E-state index >= 15 is 0 Å². The second-order valence-electron chi connectivity index (χ2n) is 8.57. The number of aliphatic hydroxyl groups excluding tert-OH is 3. The van der Waals surface area contributed by atoms with Gasteiger partial charge in [0.15, 0.2) is 0 Å². The molecule has 31 heavy (non-hydrogen) atoms. The van der Waals surface area contributed by atoms with Gasteiger partial charge in [-0.2, -0.15) is 4.98 Å². The van der Waals surface area contributed by atoms with Gasteiger partial charge in [-0.15, -0.1) is 11.3 Å². The van der Waals surface area contributed by atoms with Crippen molar-refractivity contribution < 1.29 is 15.3 Å². The standard InChI is InChI=1S/C22H27N5O3S/c28-11-14-7-13(18(29)19(14)30)9-23-20-15(10-25-22(27-20)24-8-12-5-6-12)21-26-16-3-1-2-4-17(16)31-21/h1-4,10,12-14,18-19,28-30H,5-9,11H2,(H2,23,24,25,27)/t13-,14+,18-,19+/m0/s1. The fraction of sp³-hybridized carbons (Fsp3) is 0.500. The molecule has 2 aliphatic rings. The van der Waals surface area contributed by atoms with Crippen LogP contribution in [0.1, 0.15) is 19.3 Å². The first-order chi connectivity index (χ1) is 15.1. The van der Waals surface area contributed by atoms with Crippen molar-refractivity contribution in [3.8, 4) is 10.6 Å². The van der Waals surface area contributed by atoms with E-state index in [1.807, 2.05) is 24.3 Å². The predicted octanol–water partition coefficient (Wildman–Crippen LogP) is 2.34. The molecule has 4 atom stereocenters. The molecule has 2 heterocycles. The summed E-state index contributed by atoms with van der Waals surface area (Å²) < 4.78 is 1.10. The fourth-order valence-corrected chi connectivity index (χ4v) is 5.12. The highest BCUT2D eigenvalue weighted by Gasteiger charge is 2.40. The van der Waals surface area contributed by atoms with E-state index in [9.17, 15) is 15.3 Å². The van der Waals surface area contributed by atoms with Crippen molar-refractivity contribution in [3.63, 3.8) is 0 Å². The molecule has 2 aromatic heterocycles. The molecule has 0 amide bonds. The number of anilines is 2. The van der Waals surface area contributed by atoms with E-state index in [1.165, 1.54) is 12.8 Å². The number of aromatic nitrogens is 3. The Labute approximate surface area is 184 Å². The van der Waals surface area contributed by atoms with Crippen LogP contribution in [0, 0.1) is 17.8 Å². The monoisotopic (exact) mass is 441 g/mol. The molecule has 3 aromatic rings. The SMILES string of the molecule is OC[C@H]1C[C@@H](CNc2nc(NCC3CC3)ncc2-c2nc3ccccc3s2)[C@H](O)[C@@H]1O. The van der Waals surface area contributed by atoms with Crippen molar-refractivity contribution in [1.29, 1.82) is 0 Å². The van der Waals surface area contributed by atoms with Gasteiger partial charge >= 0.3 is 0 Å².